The highest BCUT2D eigenvalue weighted by Gasteiger charge is 2.46. The summed E-state index contributed by atoms with van der Waals surface area (Å²) in [5.41, 5.74) is 0.895. The first kappa shape index (κ1) is 32.6. The van der Waals surface area contributed by atoms with Gasteiger partial charge in [-0.05, 0) is 43.4 Å². The number of carbonyl (C=O) groups excluding carboxylic acids is 1. The van der Waals surface area contributed by atoms with Gasteiger partial charge in [0.2, 0.25) is 5.95 Å². The summed E-state index contributed by atoms with van der Waals surface area (Å²) >= 11 is 0. The second-order valence-electron chi connectivity index (χ2n) is 11.3. The topological polar surface area (TPSA) is 170 Å². The van der Waals surface area contributed by atoms with Crippen LogP contribution in [0.5, 0.6) is 5.75 Å². The SMILES string of the molecule is CCC(CC)(c1ccc(Nc2ncc(C(F)(F)F)c(Nc3cnc(C4CC(O)C4)c4c3C(=O)N(C)C4)n2)c(OC)c1)P(=O)(O)O. The molecule has 3 aromatic rings. The maximum atomic E-state index is 14.1. The van der Waals surface area contributed by atoms with Gasteiger partial charge in [-0.25, -0.2) is 4.98 Å². The Balaban J connectivity index is 1.52. The van der Waals surface area contributed by atoms with Gasteiger partial charge in [0.1, 0.15) is 17.1 Å². The van der Waals surface area contributed by atoms with Crippen LogP contribution in [0.1, 0.15) is 78.2 Å². The van der Waals surface area contributed by atoms with Gasteiger partial charge in [0, 0.05) is 37.0 Å². The van der Waals surface area contributed by atoms with Crippen molar-refractivity contribution in [3.8, 4) is 5.75 Å². The lowest BCUT2D eigenvalue weighted by atomic mass is 9.78. The quantitative estimate of drug-likeness (QED) is 0.178. The number of aliphatic hydroxyl groups excluding tert-OH is 1. The molecule has 3 heterocycles. The molecule has 5 rings (SSSR count). The Morgan fingerprint density at radius 2 is 1.78 bits per heavy atom. The Morgan fingerprint density at radius 1 is 1.09 bits per heavy atom. The zero-order valence-corrected chi connectivity index (χ0v) is 25.9. The highest BCUT2D eigenvalue weighted by molar-refractivity contribution is 7.53. The molecule has 0 radical (unpaired) electrons. The molecule has 0 saturated heterocycles. The number of nitrogens with zero attached hydrogens (tertiary/aromatic N) is 4. The first-order chi connectivity index (χ1) is 21.1. The van der Waals surface area contributed by atoms with Crippen molar-refractivity contribution in [3.05, 3.63) is 58.5 Å². The second kappa shape index (κ2) is 11.9. The number of rotatable bonds is 10. The average molecular weight is 651 g/mol. The third-order valence-corrected chi connectivity index (χ3v) is 10.7. The molecule has 1 amide bonds. The number of pyridine rings is 1. The van der Waals surface area contributed by atoms with Crippen LogP contribution in [-0.2, 0) is 22.4 Å². The molecular formula is C29H34F3N6O6P. The smallest absolute Gasteiger partial charge is 0.421 e. The van der Waals surface area contributed by atoms with Crippen molar-refractivity contribution < 1.29 is 42.2 Å². The number of amides is 1. The summed E-state index contributed by atoms with van der Waals surface area (Å²) in [7, 11) is -1.65. The normalized spacial score (nSPS) is 18.4. The van der Waals surface area contributed by atoms with Crippen LogP contribution >= 0.6 is 7.60 Å². The molecule has 0 bridgehead atoms. The highest BCUT2D eigenvalue weighted by atomic mass is 31.2. The molecule has 242 valence electrons. The number of hydrogen-bond acceptors (Lipinski definition) is 9. The number of aromatic nitrogens is 3. The molecule has 5 N–H and O–H groups in total. The number of hydrogen-bond donors (Lipinski definition) is 5. The predicted molar refractivity (Wildman–Crippen MR) is 159 cm³/mol. The lowest BCUT2D eigenvalue weighted by Crippen LogP contribution is -2.28. The van der Waals surface area contributed by atoms with E-state index in [-0.39, 0.29) is 59.8 Å². The number of alkyl halides is 3. The van der Waals surface area contributed by atoms with Crippen molar-refractivity contribution in [1.29, 1.82) is 0 Å². The molecule has 45 heavy (non-hydrogen) atoms. The first-order valence-corrected chi connectivity index (χ1v) is 15.9. The molecule has 12 nitrogen and oxygen atoms in total. The van der Waals surface area contributed by atoms with E-state index < -0.39 is 36.4 Å². The number of carbonyl (C=O) groups is 1. The zero-order chi connectivity index (χ0) is 32.9. The molecule has 16 heteroatoms. The first-order valence-electron chi connectivity index (χ1n) is 14.3. The van der Waals surface area contributed by atoms with Crippen LogP contribution in [-0.4, -0.2) is 60.9 Å². The standard InChI is InChI=1S/C29H34F3N6O6P/c1-5-28(6-2,45(41,42)43)16-7-8-20(22(11-16)44-4)36-27-34-12-19(29(30,31)32)25(37-27)35-21-13-33-24(15-9-17(39)10-15)18-14-38(3)26(40)23(18)21/h7-8,11-13,15,17,39H,5-6,9-10,14H2,1-4H3,(H2,41,42,43)(H2,34,35,36,37). The number of methoxy groups -OCH3 is 1. The summed E-state index contributed by atoms with van der Waals surface area (Å²) in [5.74, 6) is -1.13. The monoisotopic (exact) mass is 650 g/mol. The van der Waals surface area contributed by atoms with Crippen molar-refractivity contribution in [1.82, 2.24) is 19.9 Å². The molecule has 1 aromatic carbocycles. The molecule has 0 spiro atoms. The fourth-order valence-electron chi connectivity index (χ4n) is 6.04. The number of fused-ring (bicyclic) bond motifs is 1. The molecule has 2 aromatic heterocycles. The molecule has 2 aliphatic rings. The summed E-state index contributed by atoms with van der Waals surface area (Å²) in [5, 5.41) is 13.8. The zero-order valence-electron chi connectivity index (χ0n) is 25.0. The van der Waals surface area contributed by atoms with Crippen molar-refractivity contribution in [2.75, 3.05) is 24.8 Å². The lowest BCUT2D eigenvalue weighted by Gasteiger charge is -2.33. The fourth-order valence-corrected chi connectivity index (χ4v) is 7.34. The van der Waals surface area contributed by atoms with Gasteiger partial charge in [-0.3, -0.25) is 14.3 Å². The molecule has 1 fully saturated rings. The second-order valence-corrected chi connectivity index (χ2v) is 13.2. The molecule has 1 saturated carbocycles. The van der Waals surface area contributed by atoms with Crippen LogP contribution in [0.25, 0.3) is 0 Å². The van der Waals surface area contributed by atoms with Gasteiger partial charge in [-0.15, -0.1) is 0 Å². The minimum absolute atomic E-state index is 0.0490. The average Bonchev–Trinajstić information content (AvgIpc) is 3.26. The van der Waals surface area contributed by atoms with Crippen LogP contribution in [0.2, 0.25) is 0 Å². The van der Waals surface area contributed by atoms with E-state index in [1.165, 1.54) is 36.4 Å². The van der Waals surface area contributed by atoms with E-state index in [0.29, 0.717) is 35.9 Å². The molecule has 0 unspecified atom stereocenters. The summed E-state index contributed by atoms with van der Waals surface area (Å²) in [4.78, 5) is 47.2. The molecule has 1 aliphatic carbocycles. The van der Waals surface area contributed by atoms with E-state index in [9.17, 15) is 37.4 Å². The summed E-state index contributed by atoms with van der Waals surface area (Å²) in [6, 6.07) is 4.47. The Morgan fingerprint density at radius 3 is 2.36 bits per heavy atom. The van der Waals surface area contributed by atoms with E-state index in [2.05, 4.69) is 25.6 Å². The maximum Gasteiger partial charge on any atom is 0.421 e. The summed E-state index contributed by atoms with van der Waals surface area (Å²) in [6.07, 6.45) is -2.09. The van der Waals surface area contributed by atoms with E-state index in [4.69, 9.17) is 4.74 Å². The van der Waals surface area contributed by atoms with Crippen LogP contribution in [0.4, 0.5) is 36.3 Å². The summed E-state index contributed by atoms with van der Waals surface area (Å²) < 4.78 is 60.2. The number of anilines is 4. The van der Waals surface area contributed by atoms with Crippen LogP contribution in [0.15, 0.2) is 30.6 Å². The minimum Gasteiger partial charge on any atom is -0.495 e. The van der Waals surface area contributed by atoms with Crippen LogP contribution in [0.3, 0.4) is 0 Å². The molecule has 1 aliphatic heterocycles. The number of halogens is 3. The summed E-state index contributed by atoms with van der Waals surface area (Å²) in [6.45, 7) is 3.58. The predicted octanol–water partition coefficient (Wildman–Crippen LogP) is 5.40. The van der Waals surface area contributed by atoms with Crippen molar-refractivity contribution >= 4 is 36.6 Å². The van der Waals surface area contributed by atoms with Crippen molar-refractivity contribution in [2.24, 2.45) is 0 Å². The Labute approximate surface area is 257 Å². The van der Waals surface area contributed by atoms with E-state index in [1.807, 2.05) is 0 Å². The lowest BCUT2D eigenvalue weighted by molar-refractivity contribution is -0.137. The van der Waals surface area contributed by atoms with E-state index >= 15 is 0 Å². The largest absolute Gasteiger partial charge is 0.495 e. The van der Waals surface area contributed by atoms with Gasteiger partial charge in [-0.2, -0.15) is 18.2 Å². The number of nitrogens with one attached hydrogen (secondary N) is 2. The number of benzene rings is 1. The van der Waals surface area contributed by atoms with E-state index in [1.54, 1.807) is 20.9 Å². The number of aliphatic hydroxyl groups is 1. The van der Waals surface area contributed by atoms with Gasteiger partial charge in [0.25, 0.3) is 5.91 Å². The maximum absolute atomic E-state index is 14.1. The third kappa shape index (κ3) is 5.85. The van der Waals surface area contributed by atoms with Gasteiger partial charge in [0.05, 0.1) is 41.5 Å². The Hall–Kier alpha value is -3.78. The highest BCUT2D eigenvalue weighted by Crippen LogP contribution is 2.61. The van der Waals surface area contributed by atoms with Gasteiger partial charge >= 0.3 is 13.8 Å². The molecule has 0 atom stereocenters. The third-order valence-electron chi connectivity index (χ3n) is 8.73. The van der Waals surface area contributed by atoms with E-state index in [0.717, 1.165) is 0 Å². The minimum atomic E-state index is -4.84. The van der Waals surface area contributed by atoms with Gasteiger partial charge < -0.3 is 35.2 Å². The Bertz CT molecular complexity index is 1670. The van der Waals surface area contributed by atoms with Gasteiger partial charge in [0.15, 0.2) is 0 Å². The van der Waals surface area contributed by atoms with Crippen LogP contribution < -0.4 is 15.4 Å². The van der Waals surface area contributed by atoms with Gasteiger partial charge in [-0.1, -0.05) is 19.9 Å². The van der Waals surface area contributed by atoms with Crippen LogP contribution in [0, 0.1) is 0 Å². The van der Waals surface area contributed by atoms with Crippen molar-refractivity contribution in [3.63, 3.8) is 0 Å². The fraction of sp³-hybridized carbons (Fsp3) is 0.448. The Kier molecular flexibility index (Phi) is 8.60. The molecular weight excluding hydrogens is 616 g/mol. The number of ether oxygens (including phenoxy) is 1. The van der Waals surface area contributed by atoms with Crippen molar-refractivity contribution in [2.45, 2.75) is 69.4 Å².